The van der Waals surface area contributed by atoms with E-state index in [0.29, 0.717) is 34.1 Å². The van der Waals surface area contributed by atoms with E-state index in [1.165, 1.54) is 17.1 Å². The van der Waals surface area contributed by atoms with Crippen LogP contribution >= 0.6 is 0 Å². The van der Waals surface area contributed by atoms with Gasteiger partial charge in [-0.15, -0.1) is 0 Å². The molecule has 0 aliphatic heterocycles. The second kappa shape index (κ2) is 9.94. The third-order valence-corrected chi connectivity index (χ3v) is 5.55. The number of nitrogens with zero attached hydrogens (tertiary/aromatic N) is 7. The molecule has 0 saturated carbocycles. The highest BCUT2D eigenvalue weighted by Crippen LogP contribution is 2.24. The Morgan fingerprint density at radius 2 is 1.86 bits per heavy atom. The van der Waals surface area contributed by atoms with Gasteiger partial charge in [-0.1, -0.05) is 30.2 Å². The molecule has 3 aromatic heterocycles. The van der Waals surface area contributed by atoms with Gasteiger partial charge in [0.05, 0.1) is 34.4 Å². The van der Waals surface area contributed by atoms with Crippen molar-refractivity contribution in [1.82, 2.24) is 29.5 Å². The highest BCUT2D eigenvalue weighted by molar-refractivity contribution is 5.84. The molecule has 1 atom stereocenters. The molecule has 10 heteroatoms. The molecule has 178 valence electrons. The maximum Gasteiger partial charge on any atom is 0.267 e. The minimum atomic E-state index is -0.519. The Morgan fingerprint density at radius 3 is 2.62 bits per heavy atom. The molecule has 0 aliphatic carbocycles. The van der Waals surface area contributed by atoms with Gasteiger partial charge in [-0.2, -0.15) is 5.26 Å². The fraction of sp³-hybridized carbons (Fsp3) is 0.0741. The van der Waals surface area contributed by atoms with Crippen LogP contribution in [0.4, 0.5) is 11.6 Å². The lowest BCUT2D eigenvalue weighted by Gasteiger charge is -2.21. The van der Waals surface area contributed by atoms with Gasteiger partial charge in [-0.3, -0.25) is 14.3 Å². The van der Waals surface area contributed by atoms with E-state index < -0.39 is 6.04 Å². The predicted molar refractivity (Wildman–Crippen MR) is 139 cm³/mol. The van der Waals surface area contributed by atoms with Crippen LogP contribution in [0.2, 0.25) is 0 Å². The molecule has 3 heterocycles. The van der Waals surface area contributed by atoms with Crippen LogP contribution in [-0.4, -0.2) is 29.5 Å². The topological polar surface area (TPSA) is 148 Å². The Bertz CT molecular complexity index is 1770. The standard InChI is InChI=1S/C27H19N9O/c1-17(34-25-21(24(29)32-16-33-25)11-10-19-15-30-12-13-31-19)26-35-22-9-5-6-18(14-28)23(22)27(37)36(26)20-7-3-2-4-8-20/h2-9,12-13,15-17H,1H3,(H3,29,32,33,34). The highest BCUT2D eigenvalue weighted by atomic mass is 16.1. The first-order valence-corrected chi connectivity index (χ1v) is 11.2. The van der Waals surface area contributed by atoms with Crippen molar-refractivity contribution in [1.29, 1.82) is 5.26 Å². The Kier molecular flexibility index (Phi) is 6.22. The summed E-state index contributed by atoms with van der Waals surface area (Å²) in [5.41, 5.74) is 7.91. The molecule has 5 aromatic rings. The number of hydrogen-bond donors (Lipinski definition) is 2. The Morgan fingerprint density at radius 1 is 1.03 bits per heavy atom. The van der Waals surface area contributed by atoms with Crippen LogP contribution in [0.3, 0.4) is 0 Å². The Balaban J connectivity index is 1.64. The number of nitrogen functional groups attached to an aromatic ring is 1. The van der Waals surface area contributed by atoms with Crippen LogP contribution < -0.4 is 16.6 Å². The SMILES string of the molecule is CC(Nc1ncnc(N)c1C#Cc1cnccn1)c1nc2cccc(C#N)c2c(=O)n1-c1ccccc1. The highest BCUT2D eigenvalue weighted by Gasteiger charge is 2.21. The van der Waals surface area contributed by atoms with Gasteiger partial charge in [-0.25, -0.2) is 19.9 Å². The van der Waals surface area contributed by atoms with Crippen LogP contribution in [0.5, 0.6) is 0 Å². The lowest BCUT2D eigenvalue weighted by Crippen LogP contribution is -2.28. The van der Waals surface area contributed by atoms with E-state index in [4.69, 9.17) is 10.7 Å². The van der Waals surface area contributed by atoms with Crippen LogP contribution in [0, 0.1) is 23.2 Å². The van der Waals surface area contributed by atoms with Crippen LogP contribution in [0.25, 0.3) is 16.6 Å². The molecule has 0 saturated heterocycles. The molecule has 0 fully saturated rings. The van der Waals surface area contributed by atoms with E-state index in [-0.39, 0.29) is 22.3 Å². The maximum absolute atomic E-state index is 13.7. The minimum Gasteiger partial charge on any atom is -0.382 e. The van der Waals surface area contributed by atoms with Gasteiger partial charge in [-0.05, 0) is 37.1 Å². The summed E-state index contributed by atoms with van der Waals surface area (Å²) in [5, 5.41) is 13.1. The zero-order chi connectivity index (χ0) is 25.8. The van der Waals surface area contributed by atoms with E-state index in [0.717, 1.165) is 0 Å². The molecule has 37 heavy (non-hydrogen) atoms. The molecule has 0 spiro atoms. The first-order valence-electron chi connectivity index (χ1n) is 11.2. The fourth-order valence-electron chi connectivity index (χ4n) is 3.85. The zero-order valence-corrected chi connectivity index (χ0v) is 19.6. The Labute approximate surface area is 211 Å². The van der Waals surface area contributed by atoms with E-state index in [9.17, 15) is 10.1 Å². The van der Waals surface area contributed by atoms with E-state index in [2.05, 4.69) is 43.2 Å². The van der Waals surface area contributed by atoms with Gasteiger partial charge in [0.1, 0.15) is 41.1 Å². The third kappa shape index (κ3) is 4.55. The molecule has 0 aliphatic rings. The molecule has 0 radical (unpaired) electrons. The number of aromatic nitrogens is 6. The quantitative estimate of drug-likeness (QED) is 0.366. The summed E-state index contributed by atoms with van der Waals surface area (Å²) in [6.07, 6.45) is 5.97. The van der Waals surface area contributed by atoms with Crippen molar-refractivity contribution in [3.05, 3.63) is 106 Å². The van der Waals surface area contributed by atoms with Crippen molar-refractivity contribution in [3.8, 4) is 23.6 Å². The molecular weight excluding hydrogens is 466 g/mol. The summed E-state index contributed by atoms with van der Waals surface area (Å²) in [6.45, 7) is 1.85. The van der Waals surface area contributed by atoms with Gasteiger partial charge in [0, 0.05) is 12.4 Å². The predicted octanol–water partition coefficient (Wildman–Crippen LogP) is 2.99. The van der Waals surface area contributed by atoms with Crippen molar-refractivity contribution in [2.24, 2.45) is 0 Å². The number of anilines is 2. The van der Waals surface area contributed by atoms with E-state index in [1.807, 2.05) is 25.1 Å². The molecule has 5 rings (SSSR count). The summed E-state index contributed by atoms with van der Waals surface area (Å²) < 4.78 is 1.50. The molecule has 1 unspecified atom stereocenters. The van der Waals surface area contributed by atoms with Gasteiger partial charge in [0.25, 0.3) is 5.56 Å². The average molecular weight is 486 g/mol. The summed E-state index contributed by atoms with van der Waals surface area (Å²) >= 11 is 0. The molecule has 0 amide bonds. The van der Waals surface area contributed by atoms with Crippen molar-refractivity contribution in [3.63, 3.8) is 0 Å². The first kappa shape index (κ1) is 23.1. The molecule has 2 aromatic carbocycles. The largest absolute Gasteiger partial charge is 0.382 e. The van der Waals surface area contributed by atoms with Crippen molar-refractivity contribution in [2.75, 3.05) is 11.1 Å². The summed E-state index contributed by atoms with van der Waals surface area (Å²) in [6, 6.07) is 15.7. The van der Waals surface area contributed by atoms with Crippen LogP contribution in [0.1, 0.15) is 35.6 Å². The number of para-hydroxylation sites is 1. The molecule has 0 bridgehead atoms. The van der Waals surface area contributed by atoms with Crippen molar-refractivity contribution < 1.29 is 0 Å². The molecule has 3 N–H and O–H groups in total. The zero-order valence-electron chi connectivity index (χ0n) is 19.6. The summed E-state index contributed by atoms with van der Waals surface area (Å²) in [7, 11) is 0. The lowest BCUT2D eigenvalue weighted by atomic mass is 10.1. The van der Waals surface area contributed by atoms with E-state index >= 15 is 0 Å². The fourth-order valence-corrected chi connectivity index (χ4v) is 3.85. The molecular formula is C27H19N9O. The monoisotopic (exact) mass is 485 g/mol. The van der Waals surface area contributed by atoms with Crippen molar-refractivity contribution in [2.45, 2.75) is 13.0 Å². The lowest BCUT2D eigenvalue weighted by molar-refractivity contribution is 0.730. The van der Waals surface area contributed by atoms with Crippen LogP contribution in [0.15, 0.2) is 78.2 Å². The number of nitrogens with one attached hydrogen (secondary N) is 1. The molecule has 10 nitrogen and oxygen atoms in total. The summed E-state index contributed by atoms with van der Waals surface area (Å²) in [5.74, 6) is 6.86. The van der Waals surface area contributed by atoms with Gasteiger partial charge < -0.3 is 11.1 Å². The van der Waals surface area contributed by atoms with Gasteiger partial charge in [0.15, 0.2) is 0 Å². The average Bonchev–Trinajstić information content (AvgIpc) is 2.93. The summed E-state index contributed by atoms with van der Waals surface area (Å²) in [4.78, 5) is 35.1. The van der Waals surface area contributed by atoms with E-state index in [1.54, 1.807) is 42.7 Å². The number of fused-ring (bicyclic) bond motifs is 1. The second-order valence-corrected chi connectivity index (χ2v) is 7.95. The van der Waals surface area contributed by atoms with Crippen LogP contribution in [-0.2, 0) is 0 Å². The first-order chi connectivity index (χ1) is 18.1. The Hall–Kier alpha value is -5.61. The smallest absolute Gasteiger partial charge is 0.267 e. The number of nitriles is 1. The van der Waals surface area contributed by atoms with Gasteiger partial charge >= 0.3 is 0 Å². The number of nitrogens with two attached hydrogens (primary N) is 1. The number of hydrogen-bond acceptors (Lipinski definition) is 9. The van der Waals surface area contributed by atoms with Crippen molar-refractivity contribution >= 4 is 22.5 Å². The number of rotatable bonds is 4. The third-order valence-electron chi connectivity index (χ3n) is 5.55. The minimum absolute atomic E-state index is 0.187. The maximum atomic E-state index is 13.7. The van der Waals surface area contributed by atoms with Gasteiger partial charge in [0.2, 0.25) is 0 Å². The normalized spacial score (nSPS) is 11.2. The second-order valence-electron chi connectivity index (χ2n) is 7.95. The number of benzene rings is 2.